The van der Waals surface area contributed by atoms with Crippen molar-refractivity contribution in [1.82, 2.24) is 5.48 Å². The molecule has 3 heterocycles. The van der Waals surface area contributed by atoms with Crippen molar-refractivity contribution in [1.29, 1.82) is 0 Å². The summed E-state index contributed by atoms with van der Waals surface area (Å²) in [5, 5.41) is 9.98. The van der Waals surface area contributed by atoms with Crippen molar-refractivity contribution in [3.05, 3.63) is 45.7 Å². The van der Waals surface area contributed by atoms with Gasteiger partial charge in [0.2, 0.25) is 6.79 Å². The summed E-state index contributed by atoms with van der Waals surface area (Å²) in [4.78, 5) is 18.1. The zero-order valence-corrected chi connectivity index (χ0v) is 18.0. The molecule has 0 radical (unpaired) electrons. The number of carbonyl (C=O) groups is 1. The number of hydroxylamine groups is 1. The number of sulfone groups is 1. The molecule has 9 nitrogen and oxygen atoms in total. The second-order valence-corrected chi connectivity index (χ2v) is 10.9. The minimum Gasteiger partial charge on any atom is -0.454 e. The van der Waals surface area contributed by atoms with Gasteiger partial charge in [0.25, 0.3) is 5.91 Å². The van der Waals surface area contributed by atoms with Crippen LogP contribution < -0.4 is 15.0 Å². The molecular formula is C20H20N2O7S2. The number of hydrogen-bond acceptors (Lipinski definition) is 9. The predicted molar refractivity (Wildman–Crippen MR) is 113 cm³/mol. The Hall–Kier alpha value is -2.34. The summed E-state index contributed by atoms with van der Waals surface area (Å²) in [7, 11) is -4.05. The number of ether oxygens (including phenoxy) is 3. The molecule has 4 aliphatic rings. The van der Waals surface area contributed by atoms with Crippen LogP contribution in [0.3, 0.4) is 0 Å². The van der Waals surface area contributed by atoms with Crippen LogP contribution in [0.1, 0.15) is 24.8 Å². The predicted octanol–water partition coefficient (Wildman–Crippen LogP) is 1.92. The fourth-order valence-electron chi connectivity index (χ4n) is 4.13. The molecule has 0 saturated carbocycles. The molecular weight excluding hydrogens is 444 g/mol. The number of carbonyl (C=O) groups excluding carboxylic acids is 1. The van der Waals surface area contributed by atoms with Crippen molar-refractivity contribution in [2.24, 2.45) is 4.99 Å². The molecule has 11 heteroatoms. The second-order valence-electron chi connectivity index (χ2n) is 7.56. The number of benzene rings is 1. The molecule has 3 aliphatic heterocycles. The van der Waals surface area contributed by atoms with Gasteiger partial charge in [-0.2, -0.15) is 0 Å². The third-order valence-corrected chi connectivity index (χ3v) is 9.59. The van der Waals surface area contributed by atoms with E-state index >= 15 is 0 Å². The number of nitrogens with zero attached hydrogens (tertiary/aromatic N) is 1. The van der Waals surface area contributed by atoms with E-state index in [9.17, 15) is 18.4 Å². The zero-order valence-electron chi connectivity index (χ0n) is 16.4. The smallest absolute Gasteiger partial charge is 0.265 e. The van der Waals surface area contributed by atoms with E-state index < -0.39 is 20.5 Å². The molecule has 5 rings (SSSR count). The number of thioether (sulfide) groups is 1. The van der Waals surface area contributed by atoms with Gasteiger partial charge in [0.1, 0.15) is 5.04 Å². The number of nitrogens with one attached hydrogen (secondary N) is 1. The maximum atomic E-state index is 13.5. The lowest BCUT2D eigenvalue weighted by Gasteiger charge is -2.35. The van der Waals surface area contributed by atoms with Crippen LogP contribution in [0.15, 0.2) is 45.2 Å². The van der Waals surface area contributed by atoms with Crippen LogP contribution in [0.4, 0.5) is 0 Å². The van der Waals surface area contributed by atoms with E-state index in [1.165, 1.54) is 11.8 Å². The van der Waals surface area contributed by atoms with Gasteiger partial charge < -0.3 is 14.2 Å². The van der Waals surface area contributed by atoms with Crippen molar-refractivity contribution >= 4 is 32.6 Å². The van der Waals surface area contributed by atoms with Crippen LogP contribution in [0.5, 0.6) is 11.5 Å². The Morgan fingerprint density at radius 2 is 2.00 bits per heavy atom. The van der Waals surface area contributed by atoms with E-state index in [1.54, 1.807) is 17.6 Å². The molecule has 1 saturated heterocycles. The number of rotatable bonds is 4. The summed E-state index contributed by atoms with van der Waals surface area (Å²) in [5.41, 5.74) is 2.41. The third-order valence-electron chi connectivity index (χ3n) is 5.90. The highest BCUT2D eigenvalue weighted by Crippen LogP contribution is 2.44. The highest BCUT2D eigenvalue weighted by atomic mass is 32.2. The van der Waals surface area contributed by atoms with E-state index in [4.69, 9.17) is 19.2 Å². The Kier molecular flexibility index (Phi) is 5.08. The molecule has 1 amide bonds. The van der Waals surface area contributed by atoms with E-state index in [2.05, 4.69) is 0 Å². The zero-order chi connectivity index (χ0) is 21.6. The molecule has 1 aliphatic carbocycles. The number of hydrogen-bond donors (Lipinski definition) is 2. The summed E-state index contributed by atoms with van der Waals surface area (Å²) in [6, 6.07) is 5.42. The first kappa shape index (κ1) is 20.6. The average molecular weight is 465 g/mol. The van der Waals surface area contributed by atoms with Crippen LogP contribution in [-0.4, -0.2) is 55.4 Å². The minimum atomic E-state index is -4.05. The summed E-state index contributed by atoms with van der Waals surface area (Å²) < 4.78 is 41.3. The van der Waals surface area contributed by atoms with Crippen LogP contribution in [-0.2, 0) is 19.4 Å². The van der Waals surface area contributed by atoms with Crippen molar-refractivity contribution in [3.8, 4) is 11.5 Å². The molecule has 1 aromatic carbocycles. The van der Waals surface area contributed by atoms with Crippen molar-refractivity contribution in [3.63, 3.8) is 0 Å². The van der Waals surface area contributed by atoms with Gasteiger partial charge >= 0.3 is 0 Å². The molecule has 1 fully saturated rings. The third kappa shape index (κ3) is 3.27. The summed E-state index contributed by atoms with van der Waals surface area (Å²) in [6.45, 7) is 0.446. The van der Waals surface area contributed by atoms with E-state index in [0.29, 0.717) is 17.9 Å². The lowest BCUT2D eigenvalue weighted by Crippen LogP contribution is -2.55. The Morgan fingerprint density at radius 3 is 2.77 bits per heavy atom. The van der Waals surface area contributed by atoms with Crippen LogP contribution >= 0.6 is 11.8 Å². The van der Waals surface area contributed by atoms with Gasteiger partial charge in [0.05, 0.1) is 10.9 Å². The molecule has 1 atom stereocenters. The maximum Gasteiger partial charge on any atom is 0.265 e. The molecule has 2 N–H and O–H groups in total. The normalized spacial score (nSPS) is 24.0. The molecule has 0 spiro atoms. The number of fused-ring (bicyclic) bond motifs is 2. The first-order chi connectivity index (χ1) is 14.9. The fraction of sp³-hybridized carbons (Fsp3) is 0.400. The highest BCUT2D eigenvalue weighted by Gasteiger charge is 2.53. The van der Waals surface area contributed by atoms with Crippen LogP contribution in [0.2, 0.25) is 0 Å². The summed E-state index contributed by atoms with van der Waals surface area (Å²) in [6.07, 6.45) is 3.59. The van der Waals surface area contributed by atoms with Gasteiger partial charge in [-0.1, -0.05) is 17.8 Å². The molecule has 0 bridgehead atoms. The number of aliphatic imine (C=N–C) groups is 1. The monoisotopic (exact) mass is 464 g/mol. The van der Waals surface area contributed by atoms with Gasteiger partial charge in [-0.25, -0.2) is 13.9 Å². The Bertz CT molecular complexity index is 1130. The largest absolute Gasteiger partial charge is 0.454 e. The SMILES string of the molecule is O=C(NO)C1(S(=O)(=O)C2=CCC3N=C(c4ccc5c(c4)OCO5)SC3=C2)CCOCC1. The number of allylic oxidation sites excluding steroid dienone is 1. The second kappa shape index (κ2) is 7.66. The Labute approximate surface area is 183 Å². The highest BCUT2D eigenvalue weighted by molar-refractivity contribution is 8.18. The van der Waals surface area contributed by atoms with Crippen LogP contribution in [0, 0.1) is 0 Å². The lowest BCUT2D eigenvalue weighted by molar-refractivity contribution is -0.134. The molecule has 1 unspecified atom stereocenters. The standard InChI is InChI=1S/C20H20N2O7S2/c23-19(22-24)20(5-7-27-8-6-20)31(25,26)13-2-3-14-17(10-13)30-18(21-14)12-1-4-15-16(9-12)29-11-28-15/h1-2,4,9-10,14,24H,3,5-8,11H2,(H,22,23). The molecule has 31 heavy (non-hydrogen) atoms. The molecule has 1 aromatic rings. The average Bonchev–Trinajstić information content (AvgIpc) is 3.44. The lowest BCUT2D eigenvalue weighted by atomic mass is 9.98. The van der Waals surface area contributed by atoms with Gasteiger partial charge in [-0.15, -0.1) is 0 Å². The van der Waals surface area contributed by atoms with Crippen molar-refractivity contribution in [2.75, 3.05) is 20.0 Å². The van der Waals surface area contributed by atoms with Gasteiger partial charge in [0.15, 0.2) is 26.1 Å². The van der Waals surface area contributed by atoms with Gasteiger partial charge in [0, 0.05) is 23.7 Å². The summed E-state index contributed by atoms with van der Waals surface area (Å²) in [5.74, 6) is 0.416. The number of amides is 1. The van der Waals surface area contributed by atoms with E-state index in [-0.39, 0.29) is 43.8 Å². The molecule has 0 aromatic heterocycles. The topological polar surface area (TPSA) is 124 Å². The first-order valence-electron chi connectivity index (χ1n) is 9.79. The minimum absolute atomic E-state index is 0.0161. The van der Waals surface area contributed by atoms with E-state index in [0.717, 1.165) is 15.5 Å². The fourth-order valence-corrected chi connectivity index (χ4v) is 7.37. The van der Waals surface area contributed by atoms with Crippen molar-refractivity contribution < 1.29 is 32.6 Å². The maximum absolute atomic E-state index is 13.5. The van der Waals surface area contributed by atoms with E-state index in [1.807, 2.05) is 18.2 Å². The van der Waals surface area contributed by atoms with Crippen LogP contribution in [0.25, 0.3) is 0 Å². The van der Waals surface area contributed by atoms with Gasteiger partial charge in [-0.3, -0.25) is 15.0 Å². The summed E-state index contributed by atoms with van der Waals surface area (Å²) >= 11 is 1.41. The van der Waals surface area contributed by atoms with Crippen molar-refractivity contribution in [2.45, 2.75) is 30.1 Å². The quantitative estimate of drug-likeness (QED) is 0.512. The Morgan fingerprint density at radius 1 is 1.23 bits per heavy atom. The molecule has 164 valence electrons. The Balaban J connectivity index is 1.42. The van der Waals surface area contributed by atoms with Gasteiger partial charge in [-0.05, 0) is 43.5 Å². The first-order valence-corrected chi connectivity index (χ1v) is 12.1.